The van der Waals surface area contributed by atoms with Gasteiger partial charge in [0.1, 0.15) is 5.75 Å². The van der Waals surface area contributed by atoms with E-state index in [1.807, 2.05) is 13.8 Å². The van der Waals surface area contributed by atoms with E-state index >= 15 is 0 Å². The molecule has 5 heteroatoms. The van der Waals surface area contributed by atoms with E-state index in [0.717, 1.165) is 0 Å². The minimum absolute atomic E-state index is 0.187. The fourth-order valence-electron chi connectivity index (χ4n) is 1.62. The van der Waals surface area contributed by atoms with Crippen LogP contribution in [0.3, 0.4) is 0 Å². The lowest BCUT2D eigenvalue weighted by molar-refractivity contribution is -0.137. The summed E-state index contributed by atoms with van der Waals surface area (Å²) in [4.78, 5) is 21.5. The maximum atomic E-state index is 10.8. The van der Waals surface area contributed by atoms with Gasteiger partial charge in [-0.15, -0.1) is 0 Å². The second-order valence-corrected chi connectivity index (χ2v) is 4.78. The summed E-state index contributed by atoms with van der Waals surface area (Å²) in [6, 6.07) is 4.89. The largest absolute Gasteiger partial charge is 0.493 e. The summed E-state index contributed by atoms with van der Waals surface area (Å²) in [5.74, 6) is -1.05. The molecule has 0 saturated heterocycles. The lowest BCUT2D eigenvalue weighted by Gasteiger charge is -2.12. The zero-order valence-corrected chi connectivity index (χ0v) is 11.0. The molecule has 0 fully saturated rings. The van der Waals surface area contributed by atoms with Crippen molar-refractivity contribution in [1.29, 1.82) is 0 Å². The Kier molecular flexibility index (Phi) is 5.36. The topological polar surface area (TPSA) is 83.8 Å². The van der Waals surface area contributed by atoms with Crippen LogP contribution < -0.4 is 4.74 Å². The molecule has 19 heavy (non-hydrogen) atoms. The van der Waals surface area contributed by atoms with Crippen LogP contribution in [-0.2, 0) is 22.4 Å². The van der Waals surface area contributed by atoms with Gasteiger partial charge < -0.3 is 14.9 Å². The lowest BCUT2D eigenvalue weighted by atomic mass is 10.0. The third-order valence-corrected chi connectivity index (χ3v) is 2.44. The molecule has 104 valence electrons. The van der Waals surface area contributed by atoms with Gasteiger partial charge in [-0.1, -0.05) is 19.9 Å². The van der Waals surface area contributed by atoms with Crippen molar-refractivity contribution >= 4 is 11.9 Å². The molecule has 0 aliphatic heterocycles. The predicted molar refractivity (Wildman–Crippen MR) is 69.5 cm³/mol. The molecule has 0 amide bonds. The highest BCUT2D eigenvalue weighted by molar-refractivity contribution is 5.74. The van der Waals surface area contributed by atoms with Gasteiger partial charge in [-0.3, -0.25) is 9.59 Å². The van der Waals surface area contributed by atoms with Crippen molar-refractivity contribution in [3.05, 3.63) is 29.3 Å². The molecule has 0 saturated carbocycles. The fraction of sp³-hybridized carbons (Fsp3) is 0.429. The average molecular weight is 266 g/mol. The molecule has 0 unspecified atom stereocenters. The van der Waals surface area contributed by atoms with Crippen LogP contribution in [0.15, 0.2) is 18.2 Å². The molecular weight excluding hydrogens is 248 g/mol. The number of hydrogen-bond acceptors (Lipinski definition) is 3. The number of rotatable bonds is 7. The van der Waals surface area contributed by atoms with Crippen molar-refractivity contribution in [2.75, 3.05) is 6.61 Å². The zero-order chi connectivity index (χ0) is 14.4. The molecule has 0 aromatic heterocycles. The van der Waals surface area contributed by atoms with Crippen LogP contribution in [0.4, 0.5) is 0 Å². The molecule has 1 aromatic carbocycles. The van der Waals surface area contributed by atoms with Crippen LogP contribution in [0.2, 0.25) is 0 Å². The Bertz CT molecular complexity index is 465. The first kappa shape index (κ1) is 15.0. The van der Waals surface area contributed by atoms with Gasteiger partial charge in [-0.05, 0) is 29.2 Å². The molecule has 0 atom stereocenters. The minimum atomic E-state index is -0.993. The number of carboxylic acids is 2. The number of aliphatic carboxylic acids is 2. The number of hydrogen-bond donors (Lipinski definition) is 2. The molecule has 5 nitrogen and oxygen atoms in total. The van der Waals surface area contributed by atoms with E-state index in [-0.39, 0.29) is 12.8 Å². The summed E-state index contributed by atoms with van der Waals surface area (Å²) < 4.78 is 5.51. The number of benzene rings is 1. The monoisotopic (exact) mass is 266 g/mol. The highest BCUT2D eigenvalue weighted by Gasteiger charge is 2.11. The first-order valence-corrected chi connectivity index (χ1v) is 6.06. The van der Waals surface area contributed by atoms with Crippen molar-refractivity contribution in [2.24, 2.45) is 5.92 Å². The van der Waals surface area contributed by atoms with Gasteiger partial charge in [-0.2, -0.15) is 0 Å². The fourth-order valence-corrected chi connectivity index (χ4v) is 1.62. The third-order valence-electron chi connectivity index (χ3n) is 2.44. The standard InChI is InChI=1S/C14H18O5/c1-9(2)8-19-12-4-3-10(6-13(15)16)11(5-12)7-14(17)18/h3-5,9H,6-8H2,1-2H3,(H,15,16)(H,17,18). The molecule has 0 heterocycles. The molecule has 1 aromatic rings. The van der Waals surface area contributed by atoms with Crippen LogP contribution in [0.25, 0.3) is 0 Å². The van der Waals surface area contributed by atoms with E-state index < -0.39 is 11.9 Å². The summed E-state index contributed by atoms with van der Waals surface area (Å²) >= 11 is 0. The van der Waals surface area contributed by atoms with Crippen molar-refractivity contribution < 1.29 is 24.5 Å². The van der Waals surface area contributed by atoms with E-state index in [0.29, 0.717) is 29.4 Å². The Labute approximate surface area is 111 Å². The molecule has 0 aliphatic carbocycles. The second-order valence-electron chi connectivity index (χ2n) is 4.78. The van der Waals surface area contributed by atoms with Crippen molar-refractivity contribution in [3.8, 4) is 5.75 Å². The van der Waals surface area contributed by atoms with Gasteiger partial charge in [0, 0.05) is 0 Å². The normalized spacial score (nSPS) is 10.5. The second kappa shape index (κ2) is 6.78. The zero-order valence-electron chi connectivity index (χ0n) is 11.0. The van der Waals surface area contributed by atoms with E-state index in [2.05, 4.69) is 0 Å². The van der Waals surface area contributed by atoms with Crippen molar-refractivity contribution in [2.45, 2.75) is 26.7 Å². The first-order valence-electron chi connectivity index (χ1n) is 6.06. The third kappa shape index (κ3) is 5.42. The van der Waals surface area contributed by atoms with Gasteiger partial charge >= 0.3 is 11.9 Å². The van der Waals surface area contributed by atoms with Gasteiger partial charge in [-0.25, -0.2) is 0 Å². The van der Waals surface area contributed by atoms with Gasteiger partial charge in [0.2, 0.25) is 0 Å². The highest BCUT2D eigenvalue weighted by Crippen LogP contribution is 2.20. The Morgan fingerprint density at radius 3 is 2.21 bits per heavy atom. The molecule has 0 aliphatic rings. The Hall–Kier alpha value is -2.04. The van der Waals surface area contributed by atoms with Crippen molar-refractivity contribution in [3.63, 3.8) is 0 Å². The Balaban J connectivity index is 2.93. The van der Waals surface area contributed by atoms with E-state index in [4.69, 9.17) is 14.9 Å². The summed E-state index contributed by atoms with van der Waals surface area (Å²) in [6.45, 7) is 4.55. The number of carboxylic acid groups (broad SMARTS) is 2. The van der Waals surface area contributed by atoms with E-state index in [1.165, 1.54) is 0 Å². The predicted octanol–water partition coefficient (Wildman–Crippen LogP) is 1.98. The lowest BCUT2D eigenvalue weighted by Crippen LogP contribution is -2.09. The summed E-state index contributed by atoms with van der Waals surface area (Å²) in [7, 11) is 0. The van der Waals surface area contributed by atoms with E-state index in [1.54, 1.807) is 18.2 Å². The SMILES string of the molecule is CC(C)COc1ccc(CC(=O)O)c(CC(=O)O)c1. The Morgan fingerprint density at radius 1 is 1.11 bits per heavy atom. The van der Waals surface area contributed by atoms with E-state index in [9.17, 15) is 9.59 Å². The minimum Gasteiger partial charge on any atom is -0.493 e. The van der Waals surface area contributed by atoms with Gasteiger partial charge in [0.05, 0.1) is 19.4 Å². The highest BCUT2D eigenvalue weighted by atomic mass is 16.5. The van der Waals surface area contributed by atoms with Crippen molar-refractivity contribution in [1.82, 2.24) is 0 Å². The van der Waals surface area contributed by atoms with Gasteiger partial charge in [0.25, 0.3) is 0 Å². The first-order chi connectivity index (χ1) is 8.88. The molecular formula is C14H18O5. The van der Waals surface area contributed by atoms with Crippen LogP contribution in [0.5, 0.6) is 5.75 Å². The molecule has 0 spiro atoms. The number of ether oxygens (including phenoxy) is 1. The van der Waals surface area contributed by atoms with Crippen LogP contribution in [0.1, 0.15) is 25.0 Å². The van der Waals surface area contributed by atoms with Crippen LogP contribution in [0, 0.1) is 5.92 Å². The van der Waals surface area contributed by atoms with Crippen LogP contribution >= 0.6 is 0 Å². The maximum absolute atomic E-state index is 10.8. The Morgan fingerprint density at radius 2 is 1.68 bits per heavy atom. The van der Waals surface area contributed by atoms with Gasteiger partial charge in [0.15, 0.2) is 0 Å². The average Bonchev–Trinajstić information content (AvgIpc) is 2.28. The molecule has 1 rings (SSSR count). The molecule has 2 N–H and O–H groups in total. The molecule has 0 bridgehead atoms. The number of carbonyl (C=O) groups is 2. The summed E-state index contributed by atoms with van der Waals surface area (Å²) in [6.07, 6.45) is -0.394. The van der Waals surface area contributed by atoms with Crippen LogP contribution in [-0.4, -0.2) is 28.8 Å². The quantitative estimate of drug-likeness (QED) is 0.788. The smallest absolute Gasteiger partial charge is 0.307 e. The maximum Gasteiger partial charge on any atom is 0.307 e. The molecule has 0 radical (unpaired) electrons. The summed E-state index contributed by atoms with van der Waals surface area (Å²) in [5, 5.41) is 17.6. The summed E-state index contributed by atoms with van der Waals surface area (Å²) in [5.41, 5.74) is 0.989.